The number of anilines is 2. The van der Waals surface area contributed by atoms with E-state index in [1.165, 1.54) is 5.56 Å². The minimum absolute atomic E-state index is 0. The van der Waals surface area contributed by atoms with Crippen molar-refractivity contribution < 1.29 is 4.79 Å². The molecule has 0 radical (unpaired) electrons. The van der Waals surface area contributed by atoms with E-state index in [-0.39, 0.29) is 24.2 Å². The van der Waals surface area contributed by atoms with Crippen molar-refractivity contribution in [3.8, 4) is 0 Å². The topological polar surface area (TPSA) is 75.0 Å². The van der Waals surface area contributed by atoms with Crippen LogP contribution in [0.15, 0.2) is 24.4 Å². The van der Waals surface area contributed by atoms with Crippen LogP contribution in [0.4, 0.5) is 11.4 Å². The standard InChI is InChI=1S/C17H20N4O.ClH/c18-14-4-1-5-16-13(14)3-2-8-21(16)17(22)11-6-7-12-10-19-20-15(12)9-11;/h1,4-5,10-11H,2-3,6-9,18H2,(H,19,20);1H. The summed E-state index contributed by atoms with van der Waals surface area (Å²) in [6.07, 6.45) is 6.42. The highest BCUT2D eigenvalue weighted by molar-refractivity contribution is 5.97. The Hall–Kier alpha value is -2.01. The third-order valence-corrected chi connectivity index (χ3v) is 4.92. The van der Waals surface area contributed by atoms with Gasteiger partial charge in [0.1, 0.15) is 0 Å². The number of nitrogens with one attached hydrogen (secondary N) is 1. The predicted octanol–water partition coefficient (Wildman–Crippen LogP) is 2.50. The first kappa shape index (κ1) is 15.9. The number of benzene rings is 1. The monoisotopic (exact) mass is 332 g/mol. The number of carbonyl (C=O) groups excluding carboxylic acids is 1. The molecule has 2 aromatic rings. The molecule has 1 unspecified atom stereocenters. The number of carbonyl (C=O) groups is 1. The van der Waals surface area contributed by atoms with Gasteiger partial charge in [0.05, 0.1) is 6.20 Å². The zero-order valence-electron chi connectivity index (χ0n) is 12.9. The van der Waals surface area contributed by atoms with E-state index in [1.54, 1.807) is 0 Å². The van der Waals surface area contributed by atoms with Crippen molar-refractivity contribution in [2.24, 2.45) is 5.92 Å². The highest BCUT2D eigenvalue weighted by Crippen LogP contribution is 2.34. The van der Waals surface area contributed by atoms with Crippen LogP contribution in [0.3, 0.4) is 0 Å². The van der Waals surface area contributed by atoms with Crippen LogP contribution in [0.1, 0.15) is 29.7 Å². The lowest BCUT2D eigenvalue weighted by Gasteiger charge is -2.34. The molecule has 1 atom stereocenters. The fourth-order valence-corrected chi connectivity index (χ4v) is 3.72. The van der Waals surface area contributed by atoms with Crippen LogP contribution < -0.4 is 10.6 Å². The lowest BCUT2D eigenvalue weighted by atomic mass is 9.86. The second kappa shape index (κ2) is 6.24. The third kappa shape index (κ3) is 2.70. The Bertz CT molecular complexity index is 727. The Labute approximate surface area is 141 Å². The van der Waals surface area contributed by atoms with Gasteiger partial charge < -0.3 is 10.6 Å². The molecular formula is C17H21ClN4O. The fraction of sp³-hybridized carbons (Fsp3) is 0.412. The molecule has 23 heavy (non-hydrogen) atoms. The summed E-state index contributed by atoms with van der Waals surface area (Å²) in [6.45, 7) is 0.793. The molecule has 5 nitrogen and oxygen atoms in total. The van der Waals surface area contributed by atoms with Gasteiger partial charge >= 0.3 is 0 Å². The molecular weight excluding hydrogens is 312 g/mol. The van der Waals surface area contributed by atoms with Gasteiger partial charge in [-0.2, -0.15) is 5.10 Å². The molecule has 2 heterocycles. The number of aromatic nitrogens is 2. The van der Waals surface area contributed by atoms with Gasteiger partial charge in [0, 0.05) is 36.0 Å². The normalized spacial score (nSPS) is 19.5. The predicted molar refractivity (Wildman–Crippen MR) is 92.9 cm³/mol. The Morgan fingerprint density at radius 3 is 3.09 bits per heavy atom. The van der Waals surface area contributed by atoms with Gasteiger partial charge in [-0.15, -0.1) is 12.4 Å². The van der Waals surface area contributed by atoms with Crippen LogP contribution in [-0.4, -0.2) is 22.6 Å². The minimum Gasteiger partial charge on any atom is -0.398 e. The number of hydrogen-bond donors (Lipinski definition) is 2. The van der Waals surface area contributed by atoms with Crippen LogP contribution in [0.5, 0.6) is 0 Å². The van der Waals surface area contributed by atoms with Crippen LogP contribution in [0.25, 0.3) is 0 Å². The SMILES string of the molecule is Cl.Nc1cccc2c1CCCN2C(=O)C1CCc2cn[nH]c2C1. The lowest BCUT2D eigenvalue weighted by Crippen LogP contribution is -2.41. The van der Waals surface area contributed by atoms with Gasteiger partial charge in [-0.3, -0.25) is 9.89 Å². The maximum atomic E-state index is 13.0. The Balaban J connectivity index is 0.00000156. The number of nitrogens with zero attached hydrogens (tertiary/aromatic N) is 2. The van der Waals surface area contributed by atoms with E-state index in [9.17, 15) is 4.79 Å². The summed E-state index contributed by atoms with van der Waals surface area (Å²) in [4.78, 5) is 15.0. The van der Waals surface area contributed by atoms with Crippen LogP contribution in [-0.2, 0) is 24.1 Å². The molecule has 1 aliphatic heterocycles. The Morgan fingerprint density at radius 1 is 1.35 bits per heavy atom. The molecule has 0 saturated carbocycles. The van der Waals surface area contributed by atoms with Crippen molar-refractivity contribution in [2.75, 3.05) is 17.2 Å². The van der Waals surface area contributed by atoms with E-state index in [0.717, 1.165) is 61.3 Å². The third-order valence-electron chi connectivity index (χ3n) is 4.92. The Morgan fingerprint density at radius 2 is 2.22 bits per heavy atom. The zero-order chi connectivity index (χ0) is 15.1. The van der Waals surface area contributed by atoms with Crippen molar-refractivity contribution in [3.05, 3.63) is 41.2 Å². The molecule has 1 amide bonds. The maximum Gasteiger partial charge on any atom is 0.230 e. The van der Waals surface area contributed by atoms with Crippen molar-refractivity contribution in [1.82, 2.24) is 10.2 Å². The molecule has 1 aliphatic carbocycles. The van der Waals surface area contributed by atoms with Crippen molar-refractivity contribution in [3.63, 3.8) is 0 Å². The van der Waals surface area contributed by atoms with E-state index in [1.807, 2.05) is 29.3 Å². The summed E-state index contributed by atoms with van der Waals surface area (Å²) in [6, 6.07) is 5.88. The first-order valence-electron chi connectivity index (χ1n) is 7.94. The van der Waals surface area contributed by atoms with E-state index in [0.29, 0.717) is 0 Å². The number of aryl methyl sites for hydroxylation is 1. The van der Waals surface area contributed by atoms with Gasteiger partial charge in [-0.1, -0.05) is 6.07 Å². The summed E-state index contributed by atoms with van der Waals surface area (Å²) in [7, 11) is 0. The summed E-state index contributed by atoms with van der Waals surface area (Å²) >= 11 is 0. The summed E-state index contributed by atoms with van der Waals surface area (Å²) in [5.74, 6) is 0.270. The molecule has 0 fully saturated rings. The molecule has 0 spiro atoms. The van der Waals surface area contributed by atoms with Gasteiger partial charge in [-0.25, -0.2) is 0 Å². The second-order valence-electron chi connectivity index (χ2n) is 6.25. The van der Waals surface area contributed by atoms with Gasteiger partial charge in [0.2, 0.25) is 5.91 Å². The quantitative estimate of drug-likeness (QED) is 0.788. The first-order valence-corrected chi connectivity index (χ1v) is 7.94. The molecule has 0 bridgehead atoms. The van der Waals surface area contributed by atoms with E-state index in [4.69, 9.17) is 5.73 Å². The second-order valence-corrected chi connectivity index (χ2v) is 6.25. The number of nitrogens with two attached hydrogens (primary N) is 1. The zero-order valence-corrected chi connectivity index (χ0v) is 13.7. The van der Waals surface area contributed by atoms with Gasteiger partial charge in [-0.05, 0) is 48.9 Å². The largest absolute Gasteiger partial charge is 0.398 e. The minimum atomic E-state index is 0. The number of H-pyrrole nitrogens is 1. The number of rotatable bonds is 1. The molecule has 2 aliphatic rings. The summed E-state index contributed by atoms with van der Waals surface area (Å²) in [5, 5.41) is 7.12. The average Bonchev–Trinajstić information content (AvgIpc) is 3.01. The van der Waals surface area contributed by atoms with Crippen LogP contribution >= 0.6 is 12.4 Å². The smallest absolute Gasteiger partial charge is 0.230 e. The molecule has 0 saturated heterocycles. The average molecular weight is 333 g/mol. The molecule has 122 valence electrons. The number of fused-ring (bicyclic) bond motifs is 2. The van der Waals surface area contributed by atoms with Gasteiger partial charge in [0.15, 0.2) is 0 Å². The Kier molecular flexibility index (Phi) is 4.31. The number of hydrogen-bond acceptors (Lipinski definition) is 3. The van der Waals surface area contributed by atoms with Crippen molar-refractivity contribution in [2.45, 2.75) is 32.1 Å². The van der Waals surface area contributed by atoms with Crippen molar-refractivity contribution >= 4 is 29.7 Å². The van der Waals surface area contributed by atoms with E-state index >= 15 is 0 Å². The number of nitrogen functional groups attached to an aromatic ring is 1. The van der Waals surface area contributed by atoms with Crippen molar-refractivity contribution in [1.29, 1.82) is 0 Å². The number of aromatic amines is 1. The number of amides is 1. The van der Waals surface area contributed by atoms with Gasteiger partial charge in [0.25, 0.3) is 0 Å². The first-order chi connectivity index (χ1) is 10.7. The summed E-state index contributed by atoms with van der Waals surface area (Å²) < 4.78 is 0. The molecule has 4 rings (SSSR count). The highest BCUT2D eigenvalue weighted by Gasteiger charge is 2.32. The number of halogens is 1. The molecule has 1 aromatic heterocycles. The fourth-order valence-electron chi connectivity index (χ4n) is 3.72. The van der Waals surface area contributed by atoms with E-state index < -0.39 is 0 Å². The van der Waals surface area contributed by atoms with E-state index in [2.05, 4.69) is 10.2 Å². The molecule has 3 N–H and O–H groups in total. The lowest BCUT2D eigenvalue weighted by molar-refractivity contribution is -0.122. The van der Waals surface area contributed by atoms with Crippen LogP contribution in [0.2, 0.25) is 0 Å². The van der Waals surface area contributed by atoms with Crippen LogP contribution in [0, 0.1) is 5.92 Å². The molecule has 6 heteroatoms. The molecule has 1 aromatic carbocycles. The summed E-state index contributed by atoms with van der Waals surface area (Å²) in [5.41, 5.74) is 11.4. The highest BCUT2D eigenvalue weighted by atomic mass is 35.5. The maximum absolute atomic E-state index is 13.0.